The Kier molecular flexibility index (Phi) is 2.87. The molecule has 1 aromatic carbocycles. The molecule has 1 saturated heterocycles. The summed E-state index contributed by atoms with van der Waals surface area (Å²) in [6.45, 7) is 4.11. The van der Waals surface area contributed by atoms with Crippen molar-refractivity contribution in [3.63, 3.8) is 0 Å². The van der Waals surface area contributed by atoms with Gasteiger partial charge in [-0.15, -0.1) is 11.8 Å². The highest BCUT2D eigenvalue weighted by atomic mass is 32.2. The van der Waals surface area contributed by atoms with Crippen LogP contribution in [-0.2, 0) is 0 Å². The van der Waals surface area contributed by atoms with Gasteiger partial charge in [0.25, 0.3) is 0 Å². The number of ketones is 1. The molecule has 0 bridgehead atoms. The number of thioether (sulfide) groups is 1. The average molecular weight is 220 g/mol. The topological polar surface area (TPSA) is 17.1 Å². The predicted molar refractivity (Wildman–Crippen MR) is 65.6 cm³/mol. The van der Waals surface area contributed by atoms with E-state index in [1.807, 2.05) is 31.2 Å². The molecule has 2 heteroatoms. The van der Waals surface area contributed by atoms with Crippen LogP contribution in [0.25, 0.3) is 0 Å². The molecule has 1 heterocycles. The van der Waals surface area contributed by atoms with Crippen LogP contribution in [0.15, 0.2) is 24.3 Å². The quantitative estimate of drug-likeness (QED) is 0.710. The minimum Gasteiger partial charge on any atom is -0.293 e. The fourth-order valence-corrected chi connectivity index (χ4v) is 3.33. The van der Waals surface area contributed by atoms with Gasteiger partial charge in [0.2, 0.25) is 0 Å². The van der Waals surface area contributed by atoms with Gasteiger partial charge in [-0.1, -0.05) is 23.8 Å². The third-order valence-corrected chi connectivity index (χ3v) is 4.50. The van der Waals surface area contributed by atoms with Crippen LogP contribution in [0.5, 0.6) is 0 Å². The smallest absolute Gasteiger partial charge is 0.178 e. The predicted octanol–water partition coefficient (Wildman–Crippen LogP) is 3.46. The lowest BCUT2D eigenvalue weighted by Crippen LogP contribution is -2.28. The molecule has 15 heavy (non-hydrogen) atoms. The number of hydrogen-bond acceptors (Lipinski definition) is 2. The first-order chi connectivity index (χ1) is 7.12. The Morgan fingerprint density at radius 3 is 2.87 bits per heavy atom. The SMILES string of the molecule is Cc1cccc(C(=O)C2(C)CCCS2)c1. The molecule has 2 rings (SSSR count). The van der Waals surface area contributed by atoms with E-state index in [0.29, 0.717) is 5.78 Å². The van der Waals surface area contributed by atoms with Crippen LogP contribution in [0, 0.1) is 6.92 Å². The van der Waals surface area contributed by atoms with Crippen molar-refractivity contribution in [2.75, 3.05) is 5.75 Å². The average Bonchev–Trinajstić information content (AvgIpc) is 2.65. The van der Waals surface area contributed by atoms with E-state index in [1.165, 1.54) is 6.42 Å². The lowest BCUT2D eigenvalue weighted by atomic mass is 9.94. The van der Waals surface area contributed by atoms with Crippen molar-refractivity contribution in [2.24, 2.45) is 0 Å². The van der Waals surface area contributed by atoms with Crippen molar-refractivity contribution >= 4 is 17.5 Å². The molecule has 0 saturated carbocycles. The molecule has 1 fully saturated rings. The van der Waals surface area contributed by atoms with Crippen LogP contribution in [0.2, 0.25) is 0 Å². The fourth-order valence-electron chi connectivity index (χ4n) is 2.05. The van der Waals surface area contributed by atoms with Gasteiger partial charge in [0.15, 0.2) is 5.78 Å². The summed E-state index contributed by atoms with van der Waals surface area (Å²) in [6, 6.07) is 7.92. The molecule has 0 radical (unpaired) electrons. The van der Waals surface area contributed by atoms with Gasteiger partial charge in [-0.2, -0.15) is 0 Å². The molecule has 0 amide bonds. The number of Topliss-reactive ketones (excluding diaryl/α,β-unsaturated/α-hetero) is 1. The maximum Gasteiger partial charge on any atom is 0.178 e. The molecule has 1 aliphatic heterocycles. The van der Waals surface area contributed by atoms with Crippen molar-refractivity contribution in [2.45, 2.75) is 31.4 Å². The number of rotatable bonds is 2. The van der Waals surface area contributed by atoms with Gasteiger partial charge in [-0.05, 0) is 38.5 Å². The summed E-state index contributed by atoms with van der Waals surface area (Å²) >= 11 is 1.80. The summed E-state index contributed by atoms with van der Waals surface area (Å²) in [6.07, 6.45) is 2.18. The van der Waals surface area contributed by atoms with Crippen molar-refractivity contribution in [3.8, 4) is 0 Å². The number of carbonyl (C=O) groups excluding carboxylic acids is 1. The fraction of sp³-hybridized carbons (Fsp3) is 0.462. The molecule has 1 nitrogen and oxygen atoms in total. The first-order valence-corrected chi connectivity index (χ1v) is 6.36. The van der Waals surface area contributed by atoms with E-state index in [2.05, 4.69) is 6.92 Å². The lowest BCUT2D eigenvalue weighted by molar-refractivity contribution is 0.0949. The molecule has 0 spiro atoms. The standard InChI is InChI=1S/C13H16OS/c1-10-5-3-6-11(9-10)12(14)13(2)7-4-8-15-13/h3,5-6,9H,4,7-8H2,1-2H3. The van der Waals surface area contributed by atoms with E-state index in [1.54, 1.807) is 11.8 Å². The second-order valence-corrected chi connectivity index (χ2v) is 5.98. The largest absolute Gasteiger partial charge is 0.293 e. The summed E-state index contributed by atoms with van der Waals surface area (Å²) < 4.78 is -0.173. The maximum absolute atomic E-state index is 12.3. The van der Waals surface area contributed by atoms with Gasteiger partial charge in [0.1, 0.15) is 0 Å². The molecule has 0 N–H and O–H groups in total. The van der Waals surface area contributed by atoms with E-state index in [0.717, 1.165) is 23.3 Å². The Morgan fingerprint density at radius 1 is 1.47 bits per heavy atom. The molecule has 1 aromatic rings. The van der Waals surface area contributed by atoms with Crippen LogP contribution in [-0.4, -0.2) is 16.3 Å². The van der Waals surface area contributed by atoms with E-state index in [9.17, 15) is 4.79 Å². The molecule has 1 aliphatic rings. The summed E-state index contributed by atoms with van der Waals surface area (Å²) in [7, 11) is 0. The zero-order valence-corrected chi connectivity index (χ0v) is 10.1. The van der Waals surface area contributed by atoms with Gasteiger partial charge in [0.05, 0.1) is 4.75 Å². The van der Waals surface area contributed by atoms with Gasteiger partial charge in [-0.25, -0.2) is 0 Å². The normalized spacial score (nSPS) is 25.5. The van der Waals surface area contributed by atoms with E-state index < -0.39 is 0 Å². The first-order valence-electron chi connectivity index (χ1n) is 5.37. The number of aryl methyl sites for hydroxylation is 1. The van der Waals surface area contributed by atoms with Gasteiger partial charge >= 0.3 is 0 Å². The van der Waals surface area contributed by atoms with Gasteiger partial charge < -0.3 is 0 Å². The van der Waals surface area contributed by atoms with Crippen LogP contribution < -0.4 is 0 Å². The summed E-state index contributed by atoms with van der Waals surface area (Å²) in [5.41, 5.74) is 2.03. The van der Waals surface area contributed by atoms with Crippen LogP contribution in [0.1, 0.15) is 35.7 Å². The Balaban J connectivity index is 2.27. The van der Waals surface area contributed by atoms with E-state index in [-0.39, 0.29) is 4.75 Å². The molecule has 1 unspecified atom stereocenters. The Bertz CT molecular complexity index is 378. The van der Waals surface area contributed by atoms with Crippen LogP contribution in [0.4, 0.5) is 0 Å². The number of benzene rings is 1. The molecule has 80 valence electrons. The number of carbonyl (C=O) groups is 1. The monoisotopic (exact) mass is 220 g/mol. The van der Waals surface area contributed by atoms with Crippen molar-refractivity contribution in [3.05, 3.63) is 35.4 Å². The maximum atomic E-state index is 12.3. The zero-order chi connectivity index (χ0) is 10.9. The van der Waals surface area contributed by atoms with Crippen LogP contribution in [0.3, 0.4) is 0 Å². The van der Waals surface area contributed by atoms with Crippen molar-refractivity contribution in [1.29, 1.82) is 0 Å². The Labute approximate surface area is 95.3 Å². The lowest BCUT2D eigenvalue weighted by Gasteiger charge is -2.20. The Morgan fingerprint density at radius 2 is 2.27 bits per heavy atom. The number of hydrogen-bond donors (Lipinski definition) is 0. The third kappa shape index (κ3) is 2.10. The molecular formula is C13H16OS. The van der Waals surface area contributed by atoms with Crippen molar-refractivity contribution < 1.29 is 4.79 Å². The second-order valence-electron chi connectivity index (χ2n) is 4.38. The summed E-state index contributed by atoms with van der Waals surface area (Å²) in [5.74, 6) is 1.42. The molecule has 1 atom stereocenters. The Hall–Kier alpha value is -0.760. The molecular weight excluding hydrogens is 204 g/mol. The summed E-state index contributed by atoms with van der Waals surface area (Å²) in [5, 5.41) is 0. The van der Waals surface area contributed by atoms with Gasteiger partial charge in [-0.3, -0.25) is 4.79 Å². The second kappa shape index (κ2) is 4.01. The third-order valence-electron chi connectivity index (χ3n) is 2.98. The molecule has 0 aliphatic carbocycles. The minimum atomic E-state index is -0.173. The summed E-state index contributed by atoms with van der Waals surface area (Å²) in [4.78, 5) is 12.3. The highest BCUT2D eigenvalue weighted by Gasteiger charge is 2.37. The minimum absolute atomic E-state index is 0.173. The zero-order valence-electron chi connectivity index (χ0n) is 9.25. The highest BCUT2D eigenvalue weighted by Crippen LogP contribution is 2.40. The van der Waals surface area contributed by atoms with E-state index in [4.69, 9.17) is 0 Å². The first kappa shape index (κ1) is 10.7. The van der Waals surface area contributed by atoms with Gasteiger partial charge in [0, 0.05) is 5.56 Å². The highest BCUT2D eigenvalue weighted by molar-refractivity contribution is 8.01. The van der Waals surface area contributed by atoms with E-state index >= 15 is 0 Å². The molecule has 0 aromatic heterocycles. The van der Waals surface area contributed by atoms with Crippen molar-refractivity contribution in [1.82, 2.24) is 0 Å². The van der Waals surface area contributed by atoms with Crippen LogP contribution >= 0.6 is 11.8 Å².